The van der Waals surface area contributed by atoms with Crippen LogP contribution in [0, 0.1) is 0 Å². The topological polar surface area (TPSA) is 32.3 Å². The molecule has 1 N–H and O–H groups in total. The minimum absolute atomic E-state index is 0.0165. The lowest BCUT2D eigenvalue weighted by atomic mass is 10.2. The average molecular weight is 188 g/mol. The van der Waals surface area contributed by atoms with E-state index in [2.05, 4.69) is 5.32 Å². The molecule has 14 heavy (non-hydrogen) atoms. The first-order chi connectivity index (χ1) is 6.86. The predicted molar refractivity (Wildman–Crippen MR) is 55.6 cm³/mol. The van der Waals surface area contributed by atoms with Gasteiger partial charge in [0, 0.05) is 19.3 Å². The zero-order valence-corrected chi connectivity index (χ0v) is 7.81. The van der Waals surface area contributed by atoms with E-state index < -0.39 is 0 Å². The van der Waals surface area contributed by atoms with Gasteiger partial charge in [-0.15, -0.1) is 0 Å². The zero-order valence-electron chi connectivity index (χ0n) is 7.81. The van der Waals surface area contributed by atoms with Crippen LogP contribution in [0.15, 0.2) is 36.5 Å². The molecule has 0 aromatic heterocycles. The fourth-order valence-corrected chi connectivity index (χ4v) is 1.37. The number of nitrogens with zero attached hydrogens (tertiary/aromatic N) is 1. The Morgan fingerprint density at radius 3 is 2.71 bits per heavy atom. The summed E-state index contributed by atoms with van der Waals surface area (Å²) >= 11 is 0. The van der Waals surface area contributed by atoms with Crippen molar-refractivity contribution in [3.05, 3.63) is 42.1 Å². The Labute approximate surface area is 83.0 Å². The Hall–Kier alpha value is -1.77. The summed E-state index contributed by atoms with van der Waals surface area (Å²) < 4.78 is 0. The molecule has 1 aliphatic heterocycles. The number of carbonyl (C=O) groups is 1. The molecule has 1 heterocycles. The standard InChI is InChI=1S/C11H12N2O/c14-11-12-7-9-13(11)8-6-10-4-2-1-3-5-10/h1-6,8H,7,9H2,(H,12,14)/b8-6-. The second kappa shape index (κ2) is 3.96. The molecule has 72 valence electrons. The van der Waals surface area contributed by atoms with E-state index in [0.29, 0.717) is 0 Å². The third kappa shape index (κ3) is 1.93. The number of hydrogen-bond acceptors (Lipinski definition) is 1. The van der Waals surface area contributed by atoms with E-state index in [1.165, 1.54) is 0 Å². The molecule has 0 saturated carbocycles. The first-order valence-electron chi connectivity index (χ1n) is 4.64. The first-order valence-corrected chi connectivity index (χ1v) is 4.64. The molecule has 3 nitrogen and oxygen atoms in total. The number of benzene rings is 1. The van der Waals surface area contributed by atoms with Gasteiger partial charge in [0.1, 0.15) is 0 Å². The van der Waals surface area contributed by atoms with Gasteiger partial charge in [-0.2, -0.15) is 0 Å². The van der Waals surface area contributed by atoms with E-state index in [9.17, 15) is 4.79 Å². The lowest BCUT2D eigenvalue weighted by Gasteiger charge is -2.06. The molecule has 2 rings (SSSR count). The second-order valence-electron chi connectivity index (χ2n) is 3.15. The van der Waals surface area contributed by atoms with Crippen LogP contribution in [0.4, 0.5) is 4.79 Å². The molecule has 0 spiro atoms. The second-order valence-corrected chi connectivity index (χ2v) is 3.15. The number of rotatable bonds is 2. The highest BCUT2D eigenvalue weighted by atomic mass is 16.2. The van der Waals surface area contributed by atoms with Crippen molar-refractivity contribution in [2.75, 3.05) is 13.1 Å². The summed E-state index contributed by atoms with van der Waals surface area (Å²) in [6, 6.07) is 9.92. The van der Waals surface area contributed by atoms with Gasteiger partial charge in [0.2, 0.25) is 0 Å². The molecule has 1 fully saturated rings. The van der Waals surface area contributed by atoms with Gasteiger partial charge in [-0.1, -0.05) is 30.3 Å². The molecule has 1 aromatic carbocycles. The minimum atomic E-state index is -0.0165. The Bertz CT molecular complexity index is 346. The van der Waals surface area contributed by atoms with Crippen molar-refractivity contribution in [2.45, 2.75) is 0 Å². The predicted octanol–water partition coefficient (Wildman–Crippen LogP) is 1.68. The monoisotopic (exact) mass is 188 g/mol. The fourth-order valence-electron chi connectivity index (χ4n) is 1.37. The van der Waals surface area contributed by atoms with Crippen LogP contribution < -0.4 is 5.32 Å². The van der Waals surface area contributed by atoms with Gasteiger partial charge >= 0.3 is 6.03 Å². The molecule has 0 aliphatic carbocycles. The minimum Gasteiger partial charge on any atom is -0.336 e. The summed E-state index contributed by atoms with van der Waals surface area (Å²) in [6.07, 6.45) is 3.75. The number of hydrogen-bond donors (Lipinski definition) is 1. The van der Waals surface area contributed by atoms with Crippen molar-refractivity contribution in [1.29, 1.82) is 0 Å². The van der Waals surface area contributed by atoms with Gasteiger partial charge in [0.25, 0.3) is 0 Å². The number of amides is 2. The summed E-state index contributed by atoms with van der Waals surface area (Å²) in [4.78, 5) is 12.8. The van der Waals surface area contributed by atoms with E-state index in [1.807, 2.05) is 42.6 Å². The van der Waals surface area contributed by atoms with Gasteiger partial charge in [0.15, 0.2) is 0 Å². The van der Waals surface area contributed by atoms with Crippen molar-refractivity contribution in [3.8, 4) is 0 Å². The lowest BCUT2D eigenvalue weighted by Crippen LogP contribution is -2.22. The van der Waals surface area contributed by atoms with Crippen LogP contribution in [0.1, 0.15) is 5.56 Å². The van der Waals surface area contributed by atoms with Crippen molar-refractivity contribution in [3.63, 3.8) is 0 Å². The summed E-state index contributed by atoms with van der Waals surface area (Å²) in [5.41, 5.74) is 1.10. The first kappa shape index (κ1) is 8.81. The van der Waals surface area contributed by atoms with E-state index in [-0.39, 0.29) is 6.03 Å². The van der Waals surface area contributed by atoms with Crippen LogP contribution >= 0.6 is 0 Å². The smallest absolute Gasteiger partial charge is 0.321 e. The van der Waals surface area contributed by atoms with Crippen molar-refractivity contribution < 1.29 is 4.79 Å². The van der Waals surface area contributed by atoms with E-state index >= 15 is 0 Å². The van der Waals surface area contributed by atoms with Crippen LogP contribution in [0.3, 0.4) is 0 Å². The molecule has 1 aromatic rings. The van der Waals surface area contributed by atoms with Crippen molar-refractivity contribution >= 4 is 12.1 Å². The Morgan fingerprint density at radius 1 is 1.29 bits per heavy atom. The van der Waals surface area contributed by atoms with Crippen LogP contribution in [-0.2, 0) is 0 Å². The zero-order chi connectivity index (χ0) is 9.80. The third-order valence-corrected chi connectivity index (χ3v) is 2.14. The van der Waals surface area contributed by atoms with Gasteiger partial charge in [0.05, 0.1) is 0 Å². The molecule has 3 heteroatoms. The average Bonchev–Trinajstić information content (AvgIpc) is 2.63. The highest BCUT2D eigenvalue weighted by Crippen LogP contribution is 2.04. The maximum absolute atomic E-state index is 11.2. The summed E-state index contributed by atoms with van der Waals surface area (Å²) in [5.74, 6) is 0. The molecular formula is C11H12N2O. The fraction of sp³-hybridized carbons (Fsp3) is 0.182. The van der Waals surface area contributed by atoms with Crippen LogP contribution in [0.25, 0.3) is 6.08 Å². The molecule has 1 saturated heterocycles. The molecule has 0 radical (unpaired) electrons. The highest BCUT2D eigenvalue weighted by Gasteiger charge is 2.15. The summed E-state index contributed by atoms with van der Waals surface area (Å²) in [5, 5.41) is 2.74. The highest BCUT2D eigenvalue weighted by molar-refractivity contribution is 5.78. The van der Waals surface area contributed by atoms with Gasteiger partial charge in [-0.3, -0.25) is 4.90 Å². The molecule has 0 bridgehead atoms. The Morgan fingerprint density at radius 2 is 2.07 bits per heavy atom. The molecule has 2 amide bonds. The molecule has 1 aliphatic rings. The molecular weight excluding hydrogens is 176 g/mol. The van der Waals surface area contributed by atoms with Gasteiger partial charge in [-0.25, -0.2) is 4.79 Å². The Balaban J connectivity index is 2.03. The van der Waals surface area contributed by atoms with Crippen molar-refractivity contribution in [1.82, 2.24) is 10.2 Å². The lowest BCUT2D eigenvalue weighted by molar-refractivity contribution is 0.230. The quantitative estimate of drug-likeness (QED) is 0.752. The molecule has 0 atom stereocenters. The Kier molecular flexibility index (Phi) is 2.49. The van der Waals surface area contributed by atoms with Crippen LogP contribution in [0.5, 0.6) is 0 Å². The largest absolute Gasteiger partial charge is 0.336 e. The third-order valence-electron chi connectivity index (χ3n) is 2.14. The molecule has 0 unspecified atom stereocenters. The summed E-state index contributed by atoms with van der Waals surface area (Å²) in [6.45, 7) is 1.49. The van der Waals surface area contributed by atoms with Crippen molar-refractivity contribution in [2.24, 2.45) is 0 Å². The van der Waals surface area contributed by atoms with Gasteiger partial charge in [-0.05, 0) is 11.6 Å². The van der Waals surface area contributed by atoms with E-state index in [0.717, 1.165) is 18.7 Å². The maximum atomic E-state index is 11.2. The SMILES string of the molecule is O=C1NCCN1/C=C\c1ccccc1. The normalized spacial score (nSPS) is 16.3. The van der Waals surface area contributed by atoms with E-state index in [4.69, 9.17) is 0 Å². The maximum Gasteiger partial charge on any atom is 0.321 e. The number of carbonyl (C=O) groups excluding carboxylic acids is 1. The summed E-state index contributed by atoms with van der Waals surface area (Å²) in [7, 11) is 0. The van der Waals surface area contributed by atoms with E-state index in [1.54, 1.807) is 4.90 Å². The van der Waals surface area contributed by atoms with Crippen LogP contribution in [0.2, 0.25) is 0 Å². The number of urea groups is 1. The van der Waals surface area contributed by atoms with Gasteiger partial charge < -0.3 is 5.32 Å². The number of nitrogens with one attached hydrogen (secondary N) is 1. The van der Waals surface area contributed by atoms with Crippen LogP contribution in [-0.4, -0.2) is 24.0 Å².